The van der Waals surface area contributed by atoms with Crippen LogP contribution in [0.15, 0.2) is 24.3 Å². The molecule has 4 rings (SSSR count). The summed E-state index contributed by atoms with van der Waals surface area (Å²) in [4.78, 5) is 37.1. The zero-order chi connectivity index (χ0) is 14.7. The number of carboxylic acid groups (broad SMARTS) is 1. The van der Waals surface area contributed by atoms with E-state index in [0.29, 0.717) is 5.69 Å². The maximum Gasteiger partial charge on any atom is 0.335 e. The zero-order valence-electron chi connectivity index (χ0n) is 11.1. The second-order valence-electron chi connectivity index (χ2n) is 5.71. The average Bonchev–Trinajstić information content (AvgIpc) is 3.13. The Labute approximate surface area is 120 Å². The van der Waals surface area contributed by atoms with E-state index in [1.54, 1.807) is 0 Å². The van der Waals surface area contributed by atoms with Crippen LogP contribution in [0.2, 0.25) is 0 Å². The topological polar surface area (TPSA) is 83.9 Å². The van der Waals surface area contributed by atoms with Gasteiger partial charge in [-0.3, -0.25) is 9.59 Å². The molecule has 3 fully saturated rings. The molecule has 0 aromatic heterocycles. The fourth-order valence-electron chi connectivity index (χ4n) is 3.72. The molecule has 3 aliphatic heterocycles. The minimum atomic E-state index is -1.04. The second-order valence-corrected chi connectivity index (χ2v) is 5.71. The van der Waals surface area contributed by atoms with Crippen molar-refractivity contribution in [2.45, 2.75) is 25.0 Å². The number of ether oxygens (including phenoxy) is 1. The number of fused-ring (bicyclic) bond motifs is 5. The van der Waals surface area contributed by atoms with Crippen molar-refractivity contribution in [3.8, 4) is 0 Å². The number of amides is 2. The molecule has 2 amide bonds. The number of benzene rings is 1. The molecule has 3 saturated heterocycles. The predicted octanol–water partition coefficient (Wildman–Crippen LogP) is 1.05. The molecule has 3 aliphatic rings. The molecule has 2 bridgehead atoms. The van der Waals surface area contributed by atoms with Gasteiger partial charge in [-0.25, -0.2) is 9.69 Å². The zero-order valence-corrected chi connectivity index (χ0v) is 11.1. The number of carbonyl (C=O) groups excluding carboxylic acids is 2. The van der Waals surface area contributed by atoms with Crippen LogP contribution in [0, 0.1) is 11.8 Å². The summed E-state index contributed by atoms with van der Waals surface area (Å²) in [5.41, 5.74) is 0.560. The van der Waals surface area contributed by atoms with Crippen molar-refractivity contribution in [3.63, 3.8) is 0 Å². The molecule has 1 aromatic carbocycles. The van der Waals surface area contributed by atoms with Gasteiger partial charge in [-0.05, 0) is 37.1 Å². The first-order valence-corrected chi connectivity index (χ1v) is 6.94. The number of nitrogens with zero attached hydrogens (tertiary/aromatic N) is 1. The third kappa shape index (κ3) is 1.59. The molecule has 6 nitrogen and oxygen atoms in total. The normalized spacial score (nSPS) is 33.6. The SMILES string of the molecule is O=C(O)c1ccc(N2C(=O)[C@@H]3[C@H](C2=O)[C@H]2CC[C@H]3O2)cc1. The molecule has 0 radical (unpaired) electrons. The Kier molecular flexibility index (Phi) is 2.47. The van der Waals surface area contributed by atoms with Crippen molar-refractivity contribution in [2.24, 2.45) is 11.8 Å². The molecule has 1 aromatic rings. The molecule has 21 heavy (non-hydrogen) atoms. The van der Waals surface area contributed by atoms with Crippen LogP contribution in [0.5, 0.6) is 0 Å². The number of imide groups is 1. The fourth-order valence-corrected chi connectivity index (χ4v) is 3.72. The first kappa shape index (κ1) is 12.5. The van der Waals surface area contributed by atoms with Gasteiger partial charge >= 0.3 is 5.97 Å². The Morgan fingerprint density at radius 2 is 1.57 bits per heavy atom. The average molecular weight is 287 g/mol. The quantitative estimate of drug-likeness (QED) is 0.822. The molecule has 0 spiro atoms. The van der Waals surface area contributed by atoms with Gasteiger partial charge in [0.1, 0.15) is 0 Å². The van der Waals surface area contributed by atoms with Gasteiger partial charge in [-0.1, -0.05) is 0 Å². The number of rotatable bonds is 2. The molecular weight excluding hydrogens is 274 g/mol. The Balaban J connectivity index is 1.68. The molecular formula is C15H13NO5. The third-order valence-electron chi connectivity index (χ3n) is 4.66. The van der Waals surface area contributed by atoms with Crippen molar-refractivity contribution >= 4 is 23.5 Å². The van der Waals surface area contributed by atoms with Crippen LogP contribution >= 0.6 is 0 Å². The lowest BCUT2D eigenvalue weighted by molar-refractivity contribution is -0.124. The number of carboxylic acids is 1. The monoisotopic (exact) mass is 287 g/mol. The van der Waals surface area contributed by atoms with Crippen LogP contribution in [0.4, 0.5) is 5.69 Å². The Morgan fingerprint density at radius 3 is 2.05 bits per heavy atom. The van der Waals surface area contributed by atoms with Gasteiger partial charge in [-0.15, -0.1) is 0 Å². The van der Waals surface area contributed by atoms with Crippen LogP contribution in [0.1, 0.15) is 23.2 Å². The Morgan fingerprint density at radius 1 is 1.05 bits per heavy atom. The first-order valence-electron chi connectivity index (χ1n) is 6.94. The van der Waals surface area contributed by atoms with Crippen molar-refractivity contribution in [1.29, 1.82) is 0 Å². The van der Waals surface area contributed by atoms with Crippen molar-refractivity contribution in [3.05, 3.63) is 29.8 Å². The largest absolute Gasteiger partial charge is 0.478 e. The van der Waals surface area contributed by atoms with E-state index in [1.807, 2.05) is 0 Å². The lowest BCUT2D eigenvalue weighted by Gasteiger charge is -2.17. The molecule has 0 aliphatic carbocycles. The highest BCUT2D eigenvalue weighted by Gasteiger charge is 2.62. The number of carbonyl (C=O) groups is 3. The van der Waals surface area contributed by atoms with E-state index >= 15 is 0 Å². The predicted molar refractivity (Wildman–Crippen MR) is 70.8 cm³/mol. The molecule has 3 heterocycles. The van der Waals surface area contributed by atoms with Gasteiger partial charge in [0.05, 0.1) is 35.3 Å². The lowest BCUT2D eigenvalue weighted by Crippen LogP contribution is -2.34. The van der Waals surface area contributed by atoms with E-state index in [0.717, 1.165) is 12.8 Å². The van der Waals surface area contributed by atoms with Gasteiger partial charge in [0.2, 0.25) is 11.8 Å². The standard InChI is InChI=1S/C15H13NO5/c17-13-11-9-5-6-10(21-9)12(11)14(18)16(13)8-3-1-7(2-4-8)15(19)20/h1-4,9-12H,5-6H2,(H,19,20)/t9-,10-,11-,12+/m1/s1. The summed E-state index contributed by atoms with van der Waals surface area (Å²) in [7, 11) is 0. The summed E-state index contributed by atoms with van der Waals surface area (Å²) in [5, 5.41) is 8.89. The summed E-state index contributed by atoms with van der Waals surface area (Å²) in [5.74, 6) is -2.21. The van der Waals surface area contributed by atoms with Crippen LogP contribution in [-0.4, -0.2) is 35.1 Å². The second kappa shape index (κ2) is 4.14. The van der Waals surface area contributed by atoms with E-state index in [9.17, 15) is 14.4 Å². The van der Waals surface area contributed by atoms with Crippen LogP contribution in [-0.2, 0) is 14.3 Å². The fraction of sp³-hybridized carbons (Fsp3) is 0.400. The Bertz CT molecular complexity index is 625. The Hall–Kier alpha value is -2.21. The van der Waals surface area contributed by atoms with E-state index in [4.69, 9.17) is 9.84 Å². The summed E-state index contributed by atoms with van der Waals surface area (Å²) in [6.07, 6.45) is 1.38. The van der Waals surface area contributed by atoms with Crippen LogP contribution in [0.3, 0.4) is 0 Å². The van der Waals surface area contributed by atoms with Gasteiger partial charge in [0.15, 0.2) is 0 Å². The molecule has 4 atom stereocenters. The summed E-state index contributed by atoms with van der Waals surface area (Å²) in [6, 6.07) is 5.81. The van der Waals surface area contributed by atoms with E-state index in [1.165, 1.54) is 29.2 Å². The summed E-state index contributed by atoms with van der Waals surface area (Å²) < 4.78 is 5.67. The molecule has 6 heteroatoms. The number of anilines is 1. The maximum absolute atomic E-state index is 12.5. The summed E-state index contributed by atoms with van der Waals surface area (Å²) in [6.45, 7) is 0. The number of hydrogen-bond donors (Lipinski definition) is 1. The van der Waals surface area contributed by atoms with Gasteiger partial charge in [0.25, 0.3) is 0 Å². The molecule has 0 unspecified atom stereocenters. The van der Waals surface area contributed by atoms with E-state index < -0.39 is 5.97 Å². The minimum absolute atomic E-state index is 0.126. The molecule has 108 valence electrons. The highest BCUT2D eigenvalue weighted by molar-refractivity contribution is 6.22. The number of hydrogen-bond acceptors (Lipinski definition) is 4. The van der Waals surface area contributed by atoms with Crippen molar-refractivity contribution in [2.75, 3.05) is 4.90 Å². The molecule has 1 N–H and O–H groups in total. The van der Waals surface area contributed by atoms with Crippen LogP contribution < -0.4 is 4.90 Å². The third-order valence-corrected chi connectivity index (χ3v) is 4.66. The summed E-state index contributed by atoms with van der Waals surface area (Å²) >= 11 is 0. The van der Waals surface area contributed by atoms with Crippen molar-refractivity contribution < 1.29 is 24.2 Å². The molecule has 0 saturated carbocycles. The lowest BCUT2D eigenvalue weighted by atomic mass is 9.81. The van der Waals surface area contributed by atoms with E-state index in [-0.39, 0.29) is 41.4 Å². The highest BCUT2D eigenvalue weighted by atomic mass is 16.5. The highest BCUT2D eigenvalue weighted by Crippen LogP contribution is 2.49. The minimum Gasteiger partial charge on any atom is -0.478 e. The van der Waals surface area contributed by atoms with Gasteiger partial charge < -0.3 is 9.84 Å². The smallest absolute Gasteiger partial charge is 0.335 e. The van der Waals surface area contributed by atoms with E-state index in [2.05, 4.69) is 0 Å². The van der Waals surface area contributed by atoms with Crippen molar-refractivity contribution in [1.82, 2.24) is 0 Å². The number of aromatic carboxylic acids is 1. The maximum atomic E-state index is 12.5. The van der Waals surface area contributed by atoms with Crippen LogP contribution in [0.25, 0.3) is 0 Å². The van der Waals surface area contributed by atoms with Gasteiger partial charge in [0, 0.05) is 0 Å². The van der Waals surface area contributed by atoms with Gasteiger partial charge in [-0.2, -0.15) is 0 Å². The first-order chi connectivity index (χ1) is 10.1.